The zero-order chi connectivity index (χ0) is 16.0. The molecular weight excluding hydrogens is 302 g/mol. The van der Waals surface area contributed by atoms with Crippen molar-refractivity contribution in [1.29, 1.82) is 0 Å². The van der Waals surface area contributed by atoms with Gasteiger partial charge in [0.15, 0.2) is 6.10 Å². The summed E-state index contributed by atoms with van der Waals surface area (Å²) < 4.78 is 30.5. The second-order valence-corrected chi connectivity index (χ2v) is 5.83. The van der Waals surface area contributed by atoms with Crippen molar-refractivity contribution < 1.29 is 33.0 Å². The number of hydrogen-bond donors (Lipinski definition) is 3. The third-order valence-electron chi connectivity index (χ3n) is 2.56. The van der Waals surface area contributed by atoms with Crippen molar-refractivity contribution >= 4 is 22.0 Å². The van der Waals surface area contributed by atoms with Crippen LogP contribution < -0.4 is 4.72 Å². The Morgan fingerprint density at radius 2 is 2.05 bits per heavy atom. The summed E-state index contributed by atoms with van der Waals surface area (Å²) in [6, 6.07) is 5.20. The maximum atomic E-state index is 12.0. The number of carbonyl (C=O) groups is 2. The predicted molar refractivity (Wildman–Crippen MR) is 71.2 cm³/mol. The molecule has 116 valence electrons. The van der Waals surface area contributed by atoms with E-state index in [1.807, 2.05) is 0 Å². The molecule has 0 aliphatic rings. The molecule has 9 heteroatoms. The first-order valence-electron chi connectivity index (χ1n) is 5.87. The van der Waals surface area contributed by atoms with Gasteiger partial charge in [-0.3, -0.25) is 0 Å². The van der Waals surface area contributed by atoms with E-state index in [1.54, 1.807) is 0 Å². The standard InChI is InChI=1S/C12H15NO7S/c1-20-12(17)8-3-2-4-9(7-8)21(18,19)13-6-5-10(14)11(15)16/h2-4,7,10,13-14H,5-6H2,1H3,(H,15,16)/t10-/m0/s1. The fraction of sp³-hybridized carbons (Fsp3) is 0.333. The van der Waals surface area contributed by atoms with E-state index in [0.717, 1.165) is 6.07 Å². The van der Waals surface area contributed by atoms with Crippen molar-refractivity contribution in [3.63, 3.8) is 0 Å². The van der Waals surface area contributed by atoms with Gasteiger partial charge in [-0.2, -0.15) is 0 Å². The second-order valence-electron chi connectivity index (χ2n) is 4.06. The molecule has 0 unspecified atom stereocenters. The number of carboxylic acid groups (broad SMARTS) is 1. The summed E-state index contributed by atoms with van der Waals surface area (Å²) in [5.74, 6) is -2.10. The maximum Gasteiger partial charge on any atom is 0.337 e. The molecule has 1 rings (SSSR count). The smallest absolute Gasteiger partial charge is 0.337 e. The second kappa shape index (κ2) is 7.16. The van der Waals surface area contributed by atoms with Gasteiger partial charge in [0, 0.05) is 6.54 Å². The van der Waals surface area contributed by atoms with Gasteiger partial charge < -0.3 is 14.9 Å². The quantitative estimate of drug-likeness (QED) is 0.583. The predicted octanol–water partition coefficient (Wildman–Crippen LogP) is -0.413. The number of aliphatic hydroxyl groups excluding tert-OH is 1. The number of aliphatic hydroxyl groups is 1. The molecule has 0 aliphatic heterocycles. The Morgan fingerprint density at radius 1 is 1.38 bits per heavy atom. The fourth-order valence-corrected chi connectivity index (χ4v) is 2.54. The van der Waals surface area contributed by atoms with Crippen LogP contribution in [0.15, 0.2) is 29.2 Å². The molecule has 0 bridgehead atoms. The van der Waals surface area contributed by atoms with E-state index in [-0.39, 0.29) is 23.4 Å². The highest BCUT2D eigenvalue weighted by molar-refractivity contribution is 7.89. The topological polar surface area (TPSA) is 130 Å². The Kier molecular flexibility index (Phi) is 5.82. The Balaban J connectivity index is 2.79. The van der Waals surface area contributed by atoms with Crippen molar-refractivity contribution in [3.8, 4) is 0 Å². The summed E-state index contributed by atoms with van der Waals surface area (Å²) in [7, 11) is -2.73. The van der Waals surface area contributed by atoms with Gasteiger partial charge in [-0.05, 0) is 24.6 Å². The molecule has 0 amide bonds. The molecule has 1 aromatic rings. The van der Waals surface area contributed by atoms with Crippen LogP contribution in [-0.2, 0) is 19.6 Å². The van der Waals surface area contributed by atoms with E-state index in [2.05, 4.69) is 9.46 Å². The van der Waals surface area contributed by atoms with Gasteiger partial charge in [-0.15, -0.1) is 0 Å². The minimum atomic E-state index is -3.91. The van der Waals surface area contributed by atoms with Crippen molar-refractivity contribution in [1.82, 2.24) is 4.72 Å². The van der Waals surface area contributed by atoms with Crippen molar-refractivity contribution in [2.45, 2.75) is 17.4 Å². The molecule has 1 aromatic carbocycles. The molecule has 0 saturated carbocycles. The number of nitrogens with one attached hydrogen (secondary N) is 1. The van der Waals surface area contributed by atoms with Crippen LogP contribution in [0.4, 0.5) is 0 Å². The van der Waals surface area contributed by atoms with Crippen LogP contribution in [0.5, 0.6) is 0 Å². The normalized spacial score (nSPS) is 12.7. The van der Waals surface area contributed by atoms with E-state index in [4.69, 9.17) is 10.2 Å². The Morgan fingerprint density at radius 3 is 2.62 bits per heavy atom. The van der Waals surface area contributed by atoms with E-state index >= 15 is 0 Å². The van der Waals surface area contributed by atoms with Crippen molar-refractivity contribution in [3.05, 3.63) is 29.8 Å². The number of hydrogen-bond acceptors (Lipinski definition) is 6. The first-order valence-corrected chi connectivity index (χ1v) is 7.35. The summed E-state index contributed by atoms with van der Waals surface area (Å²) in [6.45, 7) is -0.252. The van der Waals surface area contributed by atoms with Gasteiger partial charge >= 0.3 is 11.9 Å². The van der Waals surface area contributed by atoms with Crippen LogP contribution in [0.25, 0.3) is 0 Å². The lowest BCUT2D eigenvalue weighted by Crippen LogP contribution is -2.30. The van der Waals surface area contributed by atoms with Crippen LogP contribution >= 0.6 is 0 Å². The van der Waals surface area contributed by atoms with Crippen LogP contribution in [-0.4, -0.2) is 50.3 Å². The van der Waals surface area contributed by atoms with E-state index in [9.17, 15) is 18.0 Å². The zero-order valence-corrected chi connectivity index (χ0v) is 12.0. The average molecular weight is 317 g/mol. The molecule has 0 radical (unpaired) electrons. The minimum absolute atomic E-state index is 0.0749. The first kappa shape index (κ1) is 17.1. The molecule has 0 fully saturated rings. The summed E-state index contributed by atoms with van der Waals surface area (Å²) in [4.78, 5) is 21.6. The van der Waals surface area contributed by atoms with Crippen LogP contribution in [0, 0.1) is 0 Å². The van der Waals surface area contributed by atoms with E-state index in [1.165, 1.54) is 25.3 Å². The number of methoxy groups -OCH3 is 1. The zero-order valence-electron chi connectivity index (χ0n) is 11.1. The average Bonchev–Trinajstić information content (AvgIpc) is 2.46. The third-order valence-corrected chi connectivity index (χ3v) is 4.02. The summed E-state index contributed by atoms with van der Waals surface area (Å²) in [6.07, 6.45) is -1.92. The monoisotopic (exact) mass is 317 g/mol. The Bertz CT molecular complexity index is 626. The lowest BCUT2D eigenvalue weighted by Gasteiger charge is -2.09. The minimum Gasteiger partial charge on any atom is -0.479 e. The molecule has 0 aliphatic carbocycles. The van der Waals surface area contributed by atoms with Gasteiger partial charge in [0.2, 0.25) is 10.0 Å². The highest BCUT2D eigenvalue weighted by Crippen LogP contribution is 2.12. The Labute approximate surface area is 121 Å². The molecule has 0 heterocycles. The third kappa shape index (κ3) is 4.81. The summed E-state index contributed by atoms with van der Waals surface area (Å²) in [5.41, 5.74) is 0.0749. The number of rotatable bonds is 7. The molecule has 3 N–H and O–H groups in total. The van der Waals surface area contributed by atoms with Crippen LogP contribution in [0.3, 0.4) is 0 Å². The Hall–Kier alpha value is -1.97. The van der Waals surface area contributed by atoms with Gasteiger partial charge in [0.1, 0.15) is 0 Å². The van der Waals surface area contributed by atoms with E-state index in [0.29, 0.717) is 0 Å². The first-order chi connectivity index (χ1) is 9.77. The highest BCUT2D eigenvalue weighted by atomic mass is 32.2. The summed E-state index contributed by atoms with van der Waals surface area (Å²) in [5, 5.41) is 17.5. The lowest BCUT2D eigenvalue weighted by atomic mass is 10.2. The largest absolute Gasteiger partial charge is 0.479 e. The van der Waals surface area contributed by atoms with Crippen molar-refractivity contribution in [2.75, 3.05) is 13.7 Å². The number of aliphatic carboxylic acids is 1. The number of sulfonamides is 1. The number of esters is 1. The number of ether oxygens (including phenoxy) is 1. The summed E-state index contributed by atoms with van der Waals surface area (Å²) >= 11 is 0. The van der Waals surface area contributed by atoms with E-state index < -0.39 is 28.1 Å². The van der Waals surface area contributed by atoms with Gasteiger partial charge in [-0.1, -0.05) is 6.07 Å². The SMILES string of the molecule is COC(=O)c1cccc(S(=O)(=O)NCC[C@H](O)C(=O)O)c1. The van der Waals surface area contributed by atoms with Crippen molar-refractivity contribution in [2.24, 2.45) is 0 Å². The molecule has 0 aromatic heterocycles. The number of carbonyl (C=O) groups excluding carboxylic acids is 1. The lowest BCUT2D eigenvalue weighted by molar-refractivity contribution is -0.146. The fourth-order valence-electron chi connectivity index (χ4n) is 1.44. The molecular formula is C12H15NO7S. The van der Waals surface area contributed by atoms with Gasteiger partial charge in [-0.25, -0.2) is 22.7 Å². The van der Waals surface area contributed by atoms with Crippen LogP contribution in [0.2, 0.25) is 0 Å². The van der Waals surface area contributed by atoms with Gasteiger partial charge in [0.25, 0.3) is 0 Å². The molecule has 1 atom stereocenters. The highest BCUT2D eigenvalue weighted by Gasteiger charge is 2.18. The van der Waals surface area contributed by atoms with Crippen LogP contribution in [0.1, 0.15) is 16.8 Å². The number of benzene rings is 1. The molecule has 8 nitrogen and oxygen atoms in total. The molecule has 0 saturated heterocycles. The molecule has 21 heavy (non-hydrogen) atoms. The maximum absolute atomic E-state index is 12.0. The van der Waals surface area contributed by atoms with Gasteiger partial charge in [0.05, 0.1) is 17.6 Å². The molecule has 0 spiro atoms. The number of carboxylic acids is 1.